The molecular formula is C18H22F2N6O3. The molecule has 11 heteroatoms. The molecule has 1 amide bonds. The summed E-state index contributed by atoms with van der Waals surface area (Å²) < 4.78 is 34.1. The summed E-state index contributed by atoms with van der Waals surface area (Å²) in [7, 11) is 0. The van der Waals surface area contributed by atoms with Crippen molar-refractivity contribution < 1.29 is 23.0 Å². The molecule has 156 valence electrons. The number of hydrogen-bond acceptors (Lipinski definition) is 7. The zero-order valence-corrected chi connectivity index (χ0v) is 16.3. The van der Waals surface area contributed by atoms with E-state index in [0.717, 1.165) is 5.57 Å². The quantitative estimate of drug-likeness (QED) is 0.779. The second kappa shape index (κ2) is 8.41. The van der Waals surface area contributed by atoms with E-state index >= 15 is 0 Å². The molecule has 0 bridgehead atoms. The highest BCUT2D eigenvalue weighted by Crippen LogP contribution is 2.23. The molecule has 0 unspecified atom stereocenters. The first-order valence-electron chi connectivity index (χ1n) is 8.96. The maximum absolute atomic E-state index is 12.3. The molecule has 2 N–H and O–H groups in total. The van der Waals surface area contributed by atoms with Crippen LogP contribution in [0.1, 0.15) is 32.9 Å². The number of anilines is 2. The monoisotopic (exact) mass is 408 g/mol. The lowest BCUT2D eigenvalue weighted by Crippen LogP contribution is -2.39. The van der Waals surface area contributed by atoms with Gasteiger partial charge < -0.3 is 19.7 Å². The molecule has 0 aromatic carbocycles. The predicted octanol–water partition coefficient (Wildman–Crippen LogP) is 3.57. The molecule has 1 aliphatic heterocycles. The van der Waals surface area contributed by atoms with Crippen molar-refractivity contribution in [2.75, 3.05) is 18.4 Å². The van der Waals surface area contributed by atoms with Crippen LogP contribution in [0.3, 0.4) is 0 Å². The van der Waals surface area contributed by atoms with Crippen LogP contribution < -0.4 is 10.1 Å². The van der Waals surface area contributed by atoms with Crippen molar-refractivity contribution in [1.29, 1.82) is 0 Å². The van der Waals surface area contributed by atoms with Gasteiger partial charge in [-0.25, -0.2) is 14.9 Å². The Morgan fingerprint density at radius 3 is 2.83 bits per heavy atom. The van der Waals surface area contributed by atoms with Crippen LogP contribution in [0, 0.1) is 0 Å². The number of aromatic nitrogens is 4. The van der Waals surface area contributed by atoms with Crippen molar-refractivity contribution in [1.82, 2.24) is 25.1 Å². The van der Waals surface area contributed by atoms with E-state index in [9.17, 15) is 13.6 Å². The zero-order valence-electron chi connectivity index (χ0n) is 16.3. The summed E-state index contributed by atoms with van der Waals surface area (Å²) in [6, 6.07) is 1.28. The van der Waals surface area contributed by atoms with E-state index in [0.29, 0.717) is 31.0 Å². The Bertz CT molecular complexity index is 894. The van der Waals surface area contributed by atoms with E-state index in [1.54, 1.807) is 11.1 Å². The highest BCUT2D eigenvalue weighted by molar-refractivity contribution is 5.74. The third-order valence-electron chi connectivity index (χ3n) is 3.79. The Balaban J connectivity index is 1.68. The maximum atomic E-state index is 12.3. The fraction of sp³-hybridized carbons (Fsp3) is 0.444. The van der Waals surface area contributed by atoms with Gasteiger partial charge in [-0.2, -0.15) is 13.9 Å². The molecule has 0 fully saturated rings. The minimum atomic E-state index is -2.95. The summed E-state index contributed by atoms with van der Waals surface area (Å²) in [6.45, 7) is 3.42. The normalized spacial score (nSPS) is 14.6. The average molecular weight is 408 g/mol. The lowest BCUT2D eigenvalue weighted by Gasteiger charge is -2.30. The van der Waals surface area contributed by atoms with Crippen LogP contribution in [0.25, 0.3) is 5.57 Å². The molecule has 0 aliphatic carbocycles. The molecule has 1 aliphatic rings. The van der Waals surface area contributed by atoms with Gasteiger partial charge in [0.2, 0.25) is 5.88 Å². The van der Waals surface area contributed by atoms with E-state index in [1.165, 1.54) is 12.3 Å². The van der Waals surface area contributed by atoms with Crippen molar-refractivity contribution in [3.8, 4) is 5.88 Å². The predicted molar refractivity (Wildman–Crippen MR) is 101 cm³/mol. The van der Waals surface area contributed by atoms with Gasteiger partial charge in [0.15, 0.2) is 11.6 Å². The fourth-order valence-electron chi connectivity index (χ4n) is 2.65. The summed E-state index contributed by atoms with van der Waals surface area (Å²) in [5.74, 6) is 0.447. The van der Waals surface area contributed by atoms with Crippen molar-refractivity contribution in [2.24, 2.45) is 0 Å². The minimum absolute atomic E-state index is 0.172. The van der Waals surface area contributed by atoms with Gasteiger partial charge in [-0.05, 0) is 32.8 Å². The third-order valence-corrected chi connectivity index (χ3v) is 3.79. The number of alkyl halides is 2. The number of hydrogen-bond donors (Lipinski definition) is 2. The average Bonchev–Trinajstić information content (AvgIpc) is 3.06. The highest BCUT2D eigenvalue weighted by atomic mass is 19.3. The highest BCUT2D eigenvalue weighted by Gasteiger charge is 2.25. The van der Waals surface area contributed by atoms with E-state index in [-0.39, 0.29) is 17.8 Å². The Morgan fingerprint density at radius 2 is 2.10 bits per heavy atom. The smallest absolute Gasteiger partial charge is 0.410 e. The molecule has 0 saturated carbocycles. The van der Waals surface area contributed by atoms with Crippen molar-refractivity contribution >= 4 is 23.3 Å². The second-order valence-corrected chi connectivity index (χ2v) is 7.33. The van der Waals surface area contributed by atoms with Gasteiger partial charge >= 0.3 is 12.7 Å². The van der Waals surface area contributed by atoms with Gasteiger partial charge in [0.05, 0.1) is 24.6 Å². The number of halogens is 2. The van der Waals surface area contributed by atoms with Crippen LogP contribution in [0.5, 0.6) is 5.88 Å². The number of H-pyrrole nitrogens is 1. The van der Waals surface area contributed by atoms with E-state index in [4.69, 9.17) is 4.74 Å². The Hall–Kier alpha value is -3.24. The van der Waals surface area contributed by atoms with Crippen LogP contribution in [0.15, 0.2) is 24.5 Å². The van der Waals surface area contributed by atoms with Crippen molar-refractivity contribution in [2.45, 2.75) is 39.4 Å². The van der Waals surface area contributed by atoms with Gasteiger partial charge in [-0.1, -0.05) is 6.08 Å². The first-order chi connectivity index (χ1) is 13.7. The molecule has 3 rings (SSSR count). The minimum Gasteiger partial charge on any atom is -0.444 e. The molecule has 3 heterocycles. The van der Waals surface area contributed by atoms with E-state index < -0.39 is 12.2 Å². The van der Waals surface area contributed by atoms with Crippen molar-refractivity contribution in [3.05, 3.63) is 30.2 Å². The number of aromatic amines is 1. The molecule has 0 atom stereocenters. The van der Waals surface area contributed by atoms with Crippen LogP contribution in [-0.4, -0.2) is 56.5 Å². The number of nitrogens with zero attached hydrogens (tertiary/aromatic N) is 4. The number of carbonyl (C=O) groups is 1. The number of ether oxygens (including phenoxy) is 2. The number of carbonyl (C=O) groups excluding carboxylic acids is 1. The number of rotatable bonds is 5. The summed E-state index contributed by atoms with van der Waals surface area (Å²) in [4.78, 5) is 22.6. The Kier molecular flexibility index (Phi) is 5.95. The first kappa shape index (κ1) is 20.5. The van der Waals surface area contributed by atoms with Gasteiger partial charge in [0.1, 0.15) is 5.60 Å². The number of nitrogens with one attached hydrogen (secondary N) is 2. The lowest BCUT2D eigenvalue weighted by molar-refractivity contribution is -0.0528. The third kappa shape index (κ3) is 5.87. The maximum Gasteiger partial charge on any atom is 0.410 e. The SMILES string of the molecule is CC(C)(C)OC(=O)N1CCC=C(c2cncc(Nc3cc(OC(F)F)[nH]n3)n2)C1. The largest absolute Gasteiger partial charge is 0.444 e. The fourth-order valence-corrected chi connectivity index (χ4v) is 2.65. The van der Waals surface area contributed by atoms with Crippen LogP contribution in [-0.2, 0) is 4.74 Å². The molecule has 0 saturated heterocycles. The van der Waals surface area contributed by atoms with E-state index in [1.807, 2.05) is 26.8 Å². The zero-order chi connectivity index (χ0) is 21.0. The first-order valence-corrected chi connectivity index (χ1v) is 8.96. The Morgan fingerprint density at radius 1 is 1.31 bits per heavy atom. The van der Waals surface area contributed by atoms with Crippen LogP contribution >= 0.6 is 0 Å². The second-order valence-electron chi connectivity index (χ2n) is 7.33. The molecule has 29 heavy (non-hydrogen) atoms. The molecule has 2 aromatic heterocycles. The number of amides is 1. The summed E-state index contributed by atoms with van der Waals surface area (Å²) in [5, 5.41) is 9.04. The lowest BCUT2D eigenvalue weighted by atomic mass is 10.1. The molecule has 2 aromatic rings. The molecule has 0 spiro atoms. The van der Waals surface area contributed by atoms with Gasteiger partial charge in [-0.3, -0.25) is 4.98 Å². The van der Waals surface area contributed by atoms with Crippen molar-refractivity contribution in [3.63, 3.8) is 0 Å². The Labute approximate surface area is 166 Å². The summed E-state index contributed by atoms with van der Waals surface area (Å²) in [6.07, 6.45) is 5.35. The van der Waals surface area contributed by atoms with Crippen LogP contribution in [0.2, 0.25) is 0 Å². The standard InChI is InChI=1S/C18H22F2N6O3/c1-18(2,3)29-17(27)26-6-4-5-11(10-26)12-8-21-9-14(22-12)23-13-7-15(25-24-13)28-16(19)20/h5,7-9,16H,4,6,10H2,1-3H3,(H2,22,23,24,25). The molecule has 9 nitrogen and oxygen atoms in total. The molecular weight excluding hydrogens is 386 g/mol. The van der Waals surface area contributed by atoms with Gasteiger partial charge in [-0.15, -0.1) is 0 Å². The van der Waals surface area contributed by atoms with Gasteiger partial charge in [0.25, 0.3) is 0 Å². The van der Waals surface area contributed by atoms with Crippen LogP contribution in [0.4, 0.5) is 25.2 Å². The molecule has 0 radical (unpaired) electrons. The summed E-state index contributed by atoms with van der Waals surface area (Å²) in [5.41, 5.74) is 0.850. The van der Waals surface area contributed by atoms with Gasteiger partial charge in [0, 0.05) is 12.6 Å². The topological polar surface area (TPSA) is 105 Å². The van der Waals surface area contributed by atoms with E-state index in [2.05, 4.69) is 30.2 Å². The summed E-state index contributed by atoms with van der Waals surface area (Å²) >= 11 is 0.